The summed E-state index contributed by atoms with van der Waals surface area (Å²) in [6.45, 7) is 0. The quantitative estimate of drug-likeness (QED) is 0.777. The van der Waals surface area contributed by atoms with E-state index in [4.69, 9.17) is 18.0 Å². The van der Waals surface area contributed by atoms with Gasteiger partial charge in [0.1, 0.15) is 0 Å². The third kappa shape index (κ3) is 3.88. The molecule has 1 unspecified atom stereocenters. The van der Waals surface area contributed by atoms with E-state index in [0.29, 0.717) is 10.0 Å². The molecule has 2 rings (SSSR count). The molecule has 0 saturated heterocycles. The molecule has 0 amide bonds. The number of hydrogen-bond acceptors (Lipinski definition) is 3. The highest BCUT2D eigenvalue weighted by atomic mass is 79.9. The number of hydrogen-bond donors (Lipinski definition) is 2. The summed E-state index contributed by atoms with van der Waals surface area (Å²) in [4.78, 5) is 0.207. The standard InChI is InChI=1S/C14H13BrN2O2S2/c15-11-8-4-5-9-12(11)21(18,19)17-13(14(16)20)10-6-2-1-3-7-10/h1-9,13,17H,(H2,16,20). The third-order valence-corrected chi connectivity index (χ3v) is 5.49. The van der Waals surface area contributed by atoms with Gasteiger partial charge in [-0.1, -0.05) is 54.7 Å². The van der Waals surface area contributed by atoms with Crippen molar-refractivity contribution < 1.29 is 8.42 Å². The first kappa shape index (κ1) is 16.1. The second kappa shape index (κ2) is 6.65. The summed E-state index contributed by atoms with van der Waals surface area (Å²) in [6.07, 6.45) is 0. The fraction of sp³-hybridized carbons (Fsp3) is 0.0714. The van der Waals surface area contributed by atoms with Gasteiger partial charge in [0.2, 0.25) is 10.0 Å². The van der Waals surface area contributed by atoms with E-state index in [0.717, 1.165) is 0 Å². The Morgan fingerprint density at radius 3 is 2.24 bits per heavy atom. The van der Waals surface area contributed by atoms with Crippen LogP contribution in [0.15, 0.2) is 64.0 Å². The molecule has 0 saturated carbocycles. The number of nitrogens with one attached hydrogen (secondary N) is 1. The van der Waals surface area contributed by atoms with Gasteiger partial charge in [-0.05, 0) is 33.6 Å². The fourth-order valence-corrected chi connectivity index (χ4v) is 4.29. The van der Waals surface area contributed by atoms with E-state index in [1.54, 1.807) is 42.5 Å². The summed E-state index contributed by atoms with van der Waals surface area (Å²) in [5.41, 5.74) is 6.38. The van der Waals surface area contributed by atoms with Gasteiger partial charge < -0.3 is 5.73 Å². The lowest BCUT2D eigenvalue weighted by Crippen LogP contribution is -2.36. The van der Waals surface area contributed by atoms with E-state index in [1.807, 2.05) is 6.07 Å². The van der Waals surface area contributed by atoms with E-state index in [-0.39, 0.29) is 9.88 Å². The van der Waals surface area contributed by atoms with Gasteiger partial charge in [-0.3, -0.25) is 0 Å². The molecule has 0 spiro atoms. The monoisotopic (exact) mass is 384 g/mol. The first-order valence-electron chi connectivity index (χ1n) is 6.03. The van der Waals surface area contributed by atoms with Crippen molar-refractivity contribution in [3.05, 3.63) is 64.6 Å². The molecule has 0 aliphatic heterocycles. The Bertz CT molecular complexity index is 749. The SMILES string of the molecule is NC(=S)C(NS(=O)(=O)c1ccccc1Br)c1ccccc1. The maximum absolute atomic E-state index is 12.5. The average Bonchev–Trinajstić information content (AvgIpc) is 2.46. The topological polar surface area (TPSA) is 72.2 Å². The fourth-order valence-electron chi connectivity index (χ4n) is 1.82. The van der Waals surface area contributed by atoms with Crippen molar-refractivity contribution >= 4 is 43.2 Å². The largest absolute Gasteiger partial charge is 0.392 e. The Morgan fingerprint density at radius 1 is 1.10 bits per heavy atom. The number of sulfonamides is 1. The van der Waals surface area contributed by atoms with Crippen LogP contribution >= 0.6 is 28.1 Å². The normalized spacial score (nSPS) is 12.8. The molecular formula is C14H13BrN2O2S2. The first-order chi connectivity index (χ1) is 9.92. The van der Waals surface area contributed by atoms with Crippen molar-refractivity contribution in [2.45, 2.75) is 10.9 Å². The highest BCUT2D eigenvalue weighted by molar-refractivity contribution is 9.10. The Morgan fingerprint density at radius 2 is 1.67 bits per heavy atom. The van der Waals surface area contributed by atoms with Gasteiger partial charge in [0.05, 0.1) is 15.9 Å². The van der Waals surface area contributed by atoms with Crippen molar-refractivity contribution in [3.63, 3.8) is 0 Å². The van der Waals surface area contributed by atoms with Crippen molar-refractivity contribution in [1.29, 1.82) is 0 Å². The Kier molecular flexibility index (Phi) is 5.10. The third-order valence-electron chi connectivity index (χ3n) is 2.82. The zero-order valence-corrected chi connectivity index (χ0v) is 14.1. The molecule has 7 heteroatoms. The van der Waals surface area contributed by atoms with Gasteiger partial charge >= 0.3 is 0 Å². The molecule has 110 valence electrons. The highest BCUT2D eigenvalue weighted by Gasteiger charge is 2.24. The van der Waals surface area contributed by atoms with Crippen molar-refractivity contribution in [3.8, 4) is 0 Å². The lowest BCUT2D eigenvalue weighted by molar-refractivity contribution is 0.577. The summed E-state index contributed by atoms with van der Waals surface area (Å²) in [6, 6.07) is 14.8. The molecule has 0 aliphatic carbocycles. The van der Waals surface area contributed by atoms with Gasteiger partial charge in [-0.25, -0.2) is 8.42 Å². The molecule has 0 bridgehead atoms. The van der Waals surface area contributed by atoms with E-state index in [2.05, 4.69) is 20.7 Å². The van der Waals surface area contributed by atoms with Crippen LogP contribution in [-0.4, -0.2) is 13.4 Å². The van der Waals surface area contributed by atoms with E-state index in [1.165, 1.54) is 6.07 Å². The zero-order valence-electron chi connectivity index (χ0n) is 10.9. The van der Waals surface area contributed by atoms with Crippen molar-refractivity contribution in [1.82, 2.24) is 4.72 Å². The zero-order chi connectivity index (χ0) is 15.5. The van der Waals surface area contributed by atoms with Gasteiger partial charge in [0, 0.05) is 4.47 Å². The van der Waals surface area contributed by atoms with E-state index < -0.39 is 16.1 Å². The van der Waals surface area contributed by atoms with Crippen LogP contribution < -0.4 is 10.5 Å². The number of thiocarbonyl (C=S) groups is 1. The minimum absolute atomic E-state index is 0.0665. The smallest absolute Gasteiger partial charge is 0.242 e. The summed E-state index contributed by atoms with van der Waals surface area (Å²) in [5, 5.41) is 0. The highest BCUT2D eigenvalue weighted by Crippen LogP contribution is 2.23. The summed E-state index contributed by atoms with van der Waals surface area (Å²) in [7, 11) is -3.75. The van der Waals surface area contributed by atoms with Crippen LogP contribution in [0.4, 0.5) is 0 Å². The minimum Gasteiger partial charge on any atom is -0.392 e. The predicted octanol–water partition coefficient (Wildman–Crippen LogP) is 2.75. The number of benzene rings is 2. The summed E-state index contributed by atoms with van der Waals surface area (Å²) in [5.74, 6) is 0. The molecule has 1 atom stereocenters. The van der Waals surface area contributed by atoms with E-state index >= 15 is 0 Å². The van der Waals surface area contributed by atoms with Crippen molar-refractivity contribution in [2.24, 2.45) is 5.73 Å². The maximum atomic E-state index is 12.5. The maximum Gasteiger partial charge on any atom is 0.242 e. The van der Waals surface area contributed by atoms with Crippen LogP contribution in [0.3, 0.4) is 0 Å². The molecule has 2 aromatic carbocycles. The average molecular weight is 385 g/mol. The van der Waals surface area contributed by atoms with Crippen LogP contribution in [0.5, 0.6) is 0 Å². The van der Waals surface area contributed by atoms with Crippen molar-refractivity contribution in [2.75, 3.05) is 0 Å². The molecule has 21 heavy (non-hydrogen) atoms. The molecule has 0 radical (unpaired) electrons. The second-order valence-electron chi connectivity index (χ2n) is 4.30. The van der Waals surface area contributed by atoms with Gasteiger partial charge in [0.15, 0.2) is 0 Å². The number of rotatable bonds is 5. The molecule has 0 fully saturated rings. The van der Waals surface area contributed by atoms with Crippen LogP contribution in [0.25, 0.3) is 0 Å². The minimum atomic E-state index is -3.75. The Hall–Kier alpha value is -1.28. The number of halogens is 1. The second-order valence-corrected chi connectivity index (χ2v) is 7.31. The van der Waals surface area contributed by atoms with Gasteiger partial charge in [-0.15, -0.1) is 0 Å². The van der Waals surface area contributed by atoms with E-state index in [9.17, 15) is 8.42 Å². The van der Waals surface area contributed by atoms with Gasteiger partial charge in [0.25, 0.3) is 0 Å². The molecule has 0 aromatic heterocycles. The lowest BCUT2D eigenvalue weighted by Gasteiger charge is -2.18. The Labute approximate surface area is 137 Å². The molecular weight excluding hydrogens is 372 g/mol. The molecule has 3 N–H and O–H groups in total. The first-order valence-corrected chi connectivity index (χ1v) is 8.71. The van der Waals surface area contributed by atoms with Crippen LogP contribution in [-0.2, 0) is 10.0 Å². The molecule has 4 nitrogen and oxygen atoms in total. The van der Waals surface area contributed by atoms with Gasteiger partial charge in [-0.2, -0.15) is 4.72 Å². The molecule has 2 aromatic rings. The number of nitrogens with two attached hydrogens (primary N) is 1. The predicted molar refractivity (Wildman–Crippen MR) is 90.4 cm³/mol. The lowest BCUT2D eigenvalue weighted by atomic mass is 10.1. The molecule has 0 aliphatic rings. The Balaban J connectivity index is 2.38. The summed E-state index contributed by atoms with van der Waals surface area (Å²) < 4.78 is 28.0. The summed E-state index contributed by atoms with van der Waals surface area (Å²) >= 11 is 8.22. The van der Waals surface area contributed by atoms with Crippen LogP contribution in [0.2, 0.25) is 0 Å². The van der Waals surface area contributed by atoms with Crippen LogP contribution in [0, 0.1) is 0 Å². The molecule has 0 heterocycles. The van der Waals surface area contributed by atoms with Crippen LogP contribution in [0.1, 0.15) is 11.6 Å².